The number of benzene rings is 3. The fourth-order valence-corrected chi connectivity index (χ4v) is 6.83. The Hall–Kier alpha value is -5.87. The van der Waals surface area contributed by atoms with Crippen LogP contribution in [0.3, 0.4) is 0 Å². The molecule has 16 heteroatoms. The molecule has 1 aromatic heterocycles. The molecule has 14 nitrogen and oxygen atoms in total. The number of carbonyl (C=O) groups is 4. The molecule has 58 heavy (non-hydrogen) atoms. The summed E-state index contributed by atoms with van der Waals surface area (Å²) in [6, 6.07) is 13.3. The lowest BCUT2D eigenvalue weighted by molar-refractivity contribution is -0.157. The van der Waals surface area contributed by atoms with E-state index in [1.807, 2.05) is 17.9 Å². The number of hydrogen-bond donors (Lipinski definition) is 2. The van der Waals surface area contributed by atoms with Crippen molar-refractivity contribution in [3.63, 3.8) is 0 Å². The Kier molecular flexibility index (Phi) is 13.4. The largest absolute Gasteiger partial charge is 0.492 e. The maximum Gasteiger partial charge on any atom is 0.346 e. The third-order valence-corrected chi connectivity index (χ3v) is 10.1. The van der Waals surface area contributed by atoms with Crippen molar-refractivity contribution < 1.29 is 51.6 Å². The van der Waals surface area contributed by atoms with Gasteiger partial charge in [0.2, 0.25) is 12.2 Å². The second kappa shape index (κ2) is 18.6. The summed E-state index contributed by atoms with van der Waals surface area (Å²) >= 11 is 0. The van der Waals surface area contributed by atoms with Crippen LogP contribution in [0.1, 0.15) is 67.4 Å². The highest BCUT2D eigenvalue weighted by molar-refractivity contribution is 5.98. The first-order chi connectivity index (χ1) is 27.9. The number of fused-ring (bicyclic) bond motifs is 1. The van der Waals surface area contributed by atoms with Crippen molar-refractivity contribution in [2.45, 2.75) is 63.6 Å². The minimum atomic E-state index is -1.41. The number of pyridine rings is 1. The maximum absolute atomic E-state index is 15.7. The number of piperazine rings is 1. The summed E-state index contributed by atoms with van der Waals surface area (Å²) in [6.07, 6.45) is 2.42. The summed E-state index contributed by atoms with van der Waals surface area (Å²) in [7, 11) is 1.41. The number of nitrogens with one attached hydrogen (secondary N) is 1. The fourth-order valence-electron chi connectivity index (χ4n) is 6.83. The highest BCUT2D eigenvalue weighted by Crippen LogP contribution is 2.44. The molecule has 0 amide bonds. The van der Waals surface area contributed by atoms with E-state index < -0.39 is 66.1 Å². The third kappa shape index (κ3) is 9.62. The van der Waals surface area contributed by atoms with Crippen molar-refractivity contribution in [1.29, 1.82) is 0 Å². The smallest absolute Gasteiger partial charge is 0.346 e. The molecule has 0 radical (unpaired) electrons. The van der Waals surface area contributed by atoms with E-state index >= 15 is 4.39 Å². The van der Waals surface area contributed by atoms with Crippen LogP contribution in [0.4, 0.5) is 14.5 Å². The van der Waals surface area contributed by atoms with Crippen LogP contribution < -0.4 is 26.1 Å². The quantitative estimate of drug-likeness (QED) is 0.0688. The molecule has 2 heterocycles. The predicted molar refractivity (Wildman–Crippen MR) is 208 cm³/mol. The summed E-state index contributed by atoms with van der Waals surface area (Å²) in [6.45, 7) is 4.14. The predicted octanol–water partition coefficient (Wildman–Crippen LogP) is 4.74. The molecule has 2 fully saturated rings. The molecular weight excluding hydrogens is 758 g/mol. The van der Waals surface area contributed by atoms with Gasteiger partial charge in [0.1, 0.15) is 23.1 Å². The van der Waals surface area contributed by atoms with Crippen LogP contribution in [0.25, 0.3) is 22.0 Å². The van der Waals surface area contributed by atoms with Crippen LogP contribution in [0, 0.1) is 11.6 Å². The molecule has 2 aliphatic rings. The number of methoxy groups -OCH3 is 1. The Labute approximate surface area is 333 Å². The summed E-state index contributed by atoms with van der Waals surface area (Å²) in [5, 5.41) is 3.26. The molecule has 3 aromatic carbocycles. The standard InChI is InChI=1S/C42H46F2N4O10/c1-24-21-47(15-14-46-24)37-33(44)19-30-36(39(37)54-3)48(28-11-12-28)22-31(38(30)50)41(52)58-23-57-35(49)20-34(45)42(53)56-17-7-16-55-40(51)25(2)27-10-13-29(32(43)18-27)26-8-5-4-6-9-26/h4-6,8-10,13,18-19,22,24-25,28,34,46H,7,11-12,14-17,20-21,23,45H2,1-3H3. The van der Waals surface area contributed by atoms with Crippen molar-refractivity contribution in [2.24, 2.45) is 5.73 Å². The van der Waals surface area contributed by atoms with Gasteiger partial charge in [-0.05, 0) is 49.9 Å². The van der Waals surface area contributed by atoms with E-state index in [1.165, 1.54) is 19.4 Å². The number of esters is 4. The number of halogens is 2. The molecule has 1 aliphatic carbocycles. The van der Waals surface area contributed by atoms with Crippen LogP contribution in [0.15, 0.2) is 65.6 Å². The molecule has 0 bridgehead atoms. The summed E-state index contributed by atoms with van der Waals surface area (Å²) in [4.78, 5) is 65.9. The minimum absolute atomic E-state index is 0.0528. The first kappa shape index (κ1) is 41.8. The number of anilines is 1. The van der Waals surface area contributed by atoms with Gasteiger partial charge < -0.3 is 44.2 Å². The third-order valence-electron chi connectivity index (χ3n) is 10.1. The first-order valence-corrected chi connectivity index (χ1v) is 19.1. The lowest BCUT2D eigenvalue weighted by atomic mass is 9.97. The molecule has 1 saturated carbocycles. The molecule has 3 atom stereocenters. The van der Waals surface area contributed by atoms with E-state index in [1.54, 1.807) is 47.9 Å². The van der Waals surface area contributed by atoms with Gasteiger partial charge in [-0.25, -0.2) is 13.6 Å². The Morgan fingerprint density at radius 1 is 0.948 bits per heavy atom. The van der Waals surface area contributed by atoms with Gasteiger partial charge in [-0.1, -0.05) is 42.5 Å². The molecule has 3 unspecified atom stereocenters. The lowest BCUT2D eigenvalue weighted by Crippen LogP contribution is -2.49. The van der Waals surface area contributed by atoms with Crippen molar-refractivity contribution >= 4 is 40.5 Å². The normalized spacial score (nSPS) is 16.3. The Morgan fingerprint density at radius 2 is 1.67 bits per heavy atom. The van der Waals surface area contributed by atoms with E-state index in [9.17, 15) is 28.4 Å². The fraction of sp³-hybridized carbons (Fsp3) is 0.405. The second-order valence-corrected chi connectivity index (χ2v) is 14.3. The zero-order valence-electron chi connectivity index (χ0n) is 32.5. The Bertz CT molecular complexity index is 2230. The van der Waals surface area contributed by atoms with E-state index in [2.05, 4.69) is 5.32 Å². The molecular formula is C42H46F2N4O10. The van der Waals surface area contributed by atoms with Crippen molar-refractivity contribution in [3.05, 3.63) is 93.8 Å². The maximum atomic E-state index is 15.7. The van der Waals surface area contributed by atoms with E-state index in [0.717, 1.165) is 18.9 Å². The molecule has 6 rings (SSSR count). The molecule has 1 aliphatic heterocycles. The average Bonchev–Trinajstić information content (AvgIpc) is 4.06. The Balaban J connectivity index is 0.954. The highest BCUT2D eigenvalue weighted by atomic mass is 19.1. The second-order valence-electron chi connectivity index (χ2n) is 14.3. The van der Waals surface area contributed by atoms with Crippen molar-refractivity contribution in [2.75, 3.05) is 51.7 Å². The van der Waals surface area contributed by atoms with Crippen molar-refractivity contribution in [1.82, 2.24) is 9.88 Å². The topological polar surface area (TPSA) is 178 Å². The van der Waals surface area contributed by atoms with Gasteiger partial charge in [0, 0.05) is 49.9 Å². The van der Waals surface area contributed by atoms with Crippen molar-refractivity contribution in [3.8, 4) is 16.9 Å². The summed E-state index contributed by atoms with van der Waals surface area (Å²) in [5.74, 6) is -5.26. The Morgan fingerprint density at radius 3 is 2.34 bits per heavy atom. The monoisotopic (exact) mass is 804 g/mol. The van der Waals surface area contributed by atoms with E-state index in [0.29, 0.717) is 41.8 Å². The first-order valence-electron chi connectivity index (χ1n) is 19.1. The van der Waals surface area contributed by atoms with Gasteiger partial charge in [0.15, 0.2) is 11.6 Å². The molecule has 3 N–H and O–H groups in total. The molecule has 0 spiro atoms. The van der Waals surface area contributed by atoms with Gasteiger partial charge in [0.05, 0.1) is 43.6 Å². The SMILES string of the molecule is COc1c(N2CCNC(C)C2)c(F)cc2c(=O)c(C(=O)OCOC(=O)CC(N)C(=O)OCCCOC(=O)C(C)c3ccc(-c4ccccc4)c(F)c3)cn(C3CC3)c12. The van der Waals surface area contributed by atoms with Gasteiger partial charge in [0.25, 0.3) is 0 Å². The van der Waals surface area contributed by atoms with E-state index in [4.69, 9.17) is 29.4 Å². The number of ether oxygens (including phenoxy) is 5. The molecule has 308 valence electrons. The lowest BCUT2D eigenvalue weighted by Gasteiger charge is -2.35. The summed E-state index contributed by atoms with van der Waals surface area (Å²) < 4.78 is 58.3. The van der Waals surface area contributed by atoms with Crippen LogP contribution in [0.2, 0.25) is 0 Å². The van der Waals surface area contributed by atoms with Crippen LogP contribution in [-0.4, -0.2) is 87.3 Å². The number of carbonyl (C=O) groups excluding carboxylic acids is 4. The molecule has 4 aromatic rings. The number of aromatic nitrogens is 1. The number of rotatable bonds is 16. The average molecular weight is 805 g/mol. The van der Waals surface area contributed by atoms with Gasteiger partial charge in [-0.15, -0.1) is 0 Å². The highest BCUT2D eigenvalue weighted by Gasteiger charge is 2.33. The van der Waals surface area contributed by atoms with Crippen LogP contribution in [0.5, 0.6) is 5.75 Å². The minimum Gasteiger partial charge on any atom is -0.492 e. The zero-order valence-corrected chi connectivity index (χ0v) is 32.5. The number of nitrogens with zero attached hydrogens (tertiary/aromatic N) is 2. The summed E-state index contributed by atoms with van der Waals surface area (Å²) in [5.41, 5.74) is 6.83. The van der Waals surface area contributed by atoms with Crippen LogP contribution in [-0.2, 0) is 33.3 Å². The molecule has 1 saturated heterocycles. The van der Waals surface area contributed by atoms with Gasteiger partial charge in [-0.2, -0.15) is 0 Å². The van der Waals surface area contributed by atoms with Gasteiger partial charge in [-0.3, -0.25) is 19.2 Å². The van der Waals surface area contributed by atoms with Gasteiger partial charge >= 0.3 is 23.9 Å². The number of hydrogen-bond acceptors (Lipinski definition) is 13. The van der Waals surface area contributed by atoms with Crippen LogP contribution >= 0.6 is 0 Å². The van der Waals surface area contributed by atoms with E-state index in [-0.39, 0.29) is 54.1 Å². The number of nitrogens with two attached hydrogens (primary N) is 1. The zero-order chi connectivity index (χ0) is 41.5.